The molecular weight excluding hydrogens is 336 g/mol. The Labute approximate surface area is 162 Å². The Hall–Kier alpha value is -2.14. The fraction of sp³-hybridized carbons (Fsp3) is 0.545. The molecule has 0 aliphatic carbocycles. The predicted molar refractivity (Wildman–Crippen MR) is 108 cm³/mol. The topological polar surface area (TPSA) is 50.2 Å². The molecule has 1 aromatic heterocycles. The van der Waals surface area contributed by atoms with Crippen LogP contribution in [0.1, 0.15) is 56.5 Å². The molecule has 0 spiro atoms. The van der Waals surface area contributed by atoms with E-state index in [2.05, 4.69) is 53.9 Å². The summed E-state index contributed by atoms with van der Waals surface area (Å²) >= 11 is 0. The Morgan fingerprint density at radius 1 is 1.19 bits per heavy atom. The number of hydrogen-bond acceptors (Lipinski definition) is 3. The molecule has 2 aromatic rings. The second-order valence-electron chi connectivity index (χ2n) is 8.13. The van der Waals surface area contributed by atoms with Crippen molar-refractivity contribution in [2.24, 2.45) is 5.92 Å². The third-order valence-corrected chi connectivity index (χ3v) is 5.09. The summed E-state index contributed by atoms with van der Waals surface area (Å²) in [5.41, 5.74) is 3.42. The largest absolute Gasteiger partial charge is 0.350 e. The molecule has 0 saturated heterocycles. The van der Waals surface area contributed by atoms with E-state index in [4.69, 9.17) is 5.10 Å². The second-order valence-corrected chi connectivity index (χ2v) is 8.13. The standard InChI is InChI=1S/C22H32N4O/c1-17(2)15-25-10-7-11-26-21(16-25)13-20(24-26)14-23-22(27)12-18(3)19-8-5-4-6-9-19/h4-6,8-9,13,17-18H,7,10-12,14-16H2,1-3H3,(H,23,27)/t18-/m0/s1. The summed E-state index contributed by atoms with van der Waals surface area (Å²) in [5, 5.41) is 7.75. The molecule has 0 saturated carbocycles. The van der Waals surface area contributed by atoms with Crippen LogP contribution < -0.4 is 5.32 Å². The van der Waals surface area contributed by atoms with Gasteiger partial charge >= 0.3 is 0 Å². The Balaban J connectivity index is 1.52. The highest BCUT2D eigenvalue weighted by Crippen LogP contribution is 2.18. The molecule has 1 N–H and O–H groups in total. The van der Waals surface area contributed by atoms with E-state index in [9.17, 15) is 4.79 Å². The molecule has 5 heteroatoms. The second kappa shape index (κ2) is 9.18. The van der Waals surface area contributed by atoms with Gasteiger partial charge in [-0.15, -0.1) is 0 Å². The third-order valence-electron chi connectivity index (χ3n) is 5.09. The van der Waals surface area contributed by atoms with Crippen molar-refractivity contribution in [3.63, 3.8) is 0 Å². The van der Waals surface area contributed by atoms with Crippen LogP contribution in [0, 0.1) is 5.92 Å². The number of hydrogen-bond donors (Lipinski definition) is 1. The lowest BCUT2D eigenvalue weighted by atomic mass is 9.97. The highest BCUT2D eigenvalue weighted by molar-refractivity contribution is 5.76. The molecule has 2 heterocycles. The maximum Gasteiger partial charge on any atom is 0.220 e. The van der Waals surface area contributed by atoms with E-state index in [1.165, 1.54) is 11.3 Å². The van der Waals surface area contributed by atoms with E-state index < -0.39 is 0 Å². The van der Waals surface area contributed by atoms with E-state index >= 15 is 0 Å². The van der Waals surface area contributed by atoms with Crippen LogP contribution in [0.2, 0.25) is 0 Å². The van der Waals surface area contributed by atoms with Crippen LogP contribution >= 0.6 is 0 Å². The van der Waals surface area contributed by atoms with Crippen molar-refractivity contribution in [3.8, 4) is 0 Å². The average Bonchev–Trinajstić information content (AvgIpc) is 2.92. The summed E-state index contributed by atoms with van der Waals surface area (Å²) in [4.78, 5) is 14.8. The SMILES string of the molecule is CC(C)CN1CCCn2nc(CNC(=O)C[C@H](C)c3ccccc3)cc2C1. The Bertz CT molecular complexity index is 738. The molecule has 1 atom stereocenters. The number of benzene rings is 1. The van der Waals surface area contributed by atoms with Crippen molar-refractivity contribution in [2.45, 2.75) is 59.2 Å². The minimum Gasteiger partial charge on any atom is -0.350 e. The summed E-state index contributed by atoms with van der Waals surface area (Å²) in [7, 11) is 0. The van der Waals surface area contributed by atoms with Crippen LogP contribution in [-0.4, -0.2) is 33.7 Å². The van der Waals surface area contributed by atoms with Gasteiger partial charge in [-0.1, -0.05) is 51.1 Å². The minimum atomic E-state index is 0.0796. The van der Waals surface area contributed by atoms with E-state index in [-0.39, 0.29) is 11.8 Å². The number of carbonyl (C=O) groups excluding carboxylic acids is 1. The highest BCUT2D eigenvalue weighted by Gasteiger charge is 2.18. The van der Waals surface area contributed by atoms with Crippen molar-refractivity contribution in [1.82, 2.24) is 20.0 Å². The van der Waals surface area contributed by atoms with Crippen LogP contribution in [-0.2, 0) is 24.4 Å². The first-order chi connectivity index (χ1) is 13.0. The van der Waals surface area contributed by atoms with Crippen LogP contribution in [0.3, 0.4) is 0 Å². The number of carbonyl (C=O) groups is 1. The quantitative estimate of drug-likeness (QED) is 0.813. The zero-order valence-corrected chi connectivity index (χ0v) is 16.8. The number of nitrogens with one attached hydrogen (secondary N) is 1. The lowest BCUT2D eigenvalue weighted by Crippen LogP contribution is -2.27. The molecule has 5 nitrogen and oxygen atoms in total. The van der Waals surface area contributed by atoms with Crippen LogP contribution in [0.25, 0.3) is 0 Å². The smallest absolute Gasteiger partial charge is 0.220 e. The van der Waals surface area contributed by atoms with Crippen LogP contribution in [0.4, 0.5) is 0 Å². The van der Waals surface area contributed by atoms with Gasteiger partial charge in [0.15, 0.2) is 0 Å². The molecular formula is C22H32N4O. The van der Waals surface area contributed by atoms with E-state index in [1.807, 2.05) is 18.2 Å². The first-order valence-electron chi connectivity index (χ1n) is 10.1. The van der Waals surface area contributed by atoms with E-state index in [0.717, 1.165) is 38.3 Å². The van der Waals surface area contributed by atoms with E-state index in [0.29, 0.717) is 18.9 Å². The van der Waals surface area contributed by atoms with Gasteiger partial charge in [-0.2, -0.15) is 5.10 Å². The average molecular weight is 369 g/mol. The van der Waals surface area contributed by atoms with Gasteiger partial charge in [-0.05, 0) is 29.9 Å². The van der Waals surface area contributed by atoms with Gasteiger partial charge < -0.3 is 5.32 Å². The van der Waals surface area contributed by atoms with Gasteiger partial charge in [0.25, 0.3) is 0 Å². The van der Waals surface area contributed by atoms with Gasteiger partial charge in [-0.3, -0.25) is 14.4 Å². The number of aromatic nitrogens is 2. The van der Waals surface area contributed by atoms with Gasteiger partial charge in [-0.25, -0.2) is 0 Å². The molecule has 1 aliphatic heterocycles. The van der Waals surface area contributed by atoms with Gasteiger partial charge in [0.2, 0.25) is 5.91 Å². The number of rotatable bonds is 7. The number of aryl methyl sites for hydroxylation is 1. The fourth-order valence-electron chi connectivity index (χ4n) is 3.79. The van der Waals surface area contributed by atoms with Crippen LogP contribution in [0.5, 0.6) is 0 Å². The van der Waals surface area contributed by atoms with Crippen molar-refractivity contribution >= 4 is 5.91 Å². The lowest BCUT2D eigenvalue weighted by Gasteiger charge is -2.21. The summed E-state index contributed by atoms with van der Waals surface area (Å²) in [6, 6.07) is 12.3. The third kappa shape index (κ3) is 5.67. The Morgan fingerprint density at radius 2 is 1.96 bits per heavy atom. The summed E-state index contributed by atoms with van der Waals surface area (Å²) in [6.07, 6.45) is 1.63. The van der Waals surface area contributed by atoms with Gasteiger partial charge in [0.05, 0.1) is 17.9 Å². The molecule has 3 rings (SSSR count). The molecule has 1 aliphatic rings. The number of fused-ring (bicyclic) bond motifs is 1. The molecule has 0 fully saturated rings. The summed E-state index contributed by atoms with van der Waals surface area (Å²) in [6.45, 7) is 11.3. The van der Waals surface area contributed by atoms with Gasteiger partial charge in [0.1, 0.15) is 0 Å². The molecule has 27 heavy (non-hydrogen) atoms. The molecule has 1 amide bonds. The predicted octanol–water partition coefficient (Wildman–Crippen LogP) is 3.55. The van der Waals surface area contributed by atoms with E-state index in [1.54, 1.807) is 0 Å². The monoisotopic (exact) mass is 368 g/mol. The highest BCUT2D eigenvalue weighted by atomic mass is 16.1. The first kappa shape index (κ1) is 19.6. The van der Waals surface area contributed by atoms with Crippen molar-refractivity contribution in [2.75, 3.05) is 13.1 Å². The van der Waals surface area contributed by atoms with Crippen molar-refractivity contribution in [3.05, 3.63) is 53.3 Å². The molecule has 0 unspecified atom stereocenters. The van der Waals surface area contributed by atoms with Crippen molar-refractivity contribution < 1.29 is 4.79 Å². The number of amides is 1. The number of nitrogens with zero attached hydrogens (tertiary/aromatic N) is 3. The summed E-state index contributed by atoms with van der Waals surface area (Å²) in [5.74, 6) is 0.968. The van der Waals surface area contributed by atoms with Crippen molar-refractivity contribution in [1.29, 1.82) is 0 Å². The summed E-state index contributed by atoms with van der Waals surface area (Å²) < 4.78 is 2.12. The van der Waals surface area contributed by atoms with Gasteiger partial charge in [0, 0.05) is 32.6 Å². The Morgan fingerprint density at radius 3 is 2.70 bits per heavy atom. The molecule has 0 radical (unpaired) electrons. The first-order valence-corrected chi connectivity index (χ1v) is 10.1. The fourth-order valence-corrected chi connectivity index (χ4v) is 3.79. The molecule has 1 aromatic carbocycles. The van der Waals surface area contributed by atoms with Crippen LogP contribution in [0.15, 0.2) is 36.4 Å². The maximum atomic E-state index is 12.3. The molecule has 146 valence electrons. The normalized spacial score (nSPS) is 16.0. The zero-order valence-electron chi connectivity index (χ0n) is 16.8. The molecule has 0 bridgehead atoms. The zero-order chi connectivity index (χ0) is 19.2. The lowest BCUT2D eigenvalue weighted by molar-refractivity contribution is -0.121. The maximum absolute atomic E-state index is 12.3. The minimum absolute atomic E-state index is 0.0796. The Kier molecular flexibility index (Phi) is 6.67.